The zero-order valence-corrected chi connectivity index (χ0v) is 11.5. The van der Waals surface area contributed by atoms with E-state index in [0.717, 1.165) is 31.4 Å². The van der Waals surface area contributed by atoms with Crippen LogP contribution in [-0.4, -0.2) is 21.7 Å². The molecule has 19 heavy (non-hydrogen) atoms. The first-order chi connectivity index (χ1) is 9.11. The molecule has 0 aromatic carbocycles. The molecule has 1 fully saturated rings. The van der Waals surface area contributed by atoms with Crippen LogP contribution >= 0.6 is 0 Å². The van der Waals surface area contributed by atoms with Gasteiger partial charge in [0.1, 0.15) is 11.7 Å². The lowest BCUT2D eigenvalue weighted by Crippen LogP contribution is -2.40. The molecule has 102 valence electrons. The van der Waals surface area contributed by atoms with Crippen molar-refractivity contribution in [3.05, 3.63) is 17.5 Å². The largest absolute Gasteiger partial charge is 0.335 e. The van der Waals surface area contributed by atoms with E-state index in [1.54, 1.807) is 17.8 Å². The van der Waals surface area contributed by atoms with E-state index in [-0.39, 0.29) is 17.9 Å². The molecular weight excluding hydrogens is 240 g/mol. The summed E-state index contributed by atoms with van der Waals surface area (Å²) in [6, 6.07) is 3.59. The fourth-order valence-corrected chi connectivity index (χ4v) is 2.76. The van der Waals surface area contributed by atoms with Crippen LogP contribution in [-0.2, 0) is 7.05 Å². The monoisotopic (exact) mass is 260 g/mol. The second-order valence-corrected chi connectivity index (χ2v) is 5.27. The van der Waals surface area contributed by atoms with E-state index in [9.17, 15) is 10.1 Å². The Morgan fingerprint density at radius 1 is 1.53 bits per heavy atom. The second-order valence-electron chi connectivity index (χ2n) is 5.27. The van der Waals surface area contributed by atoms with Gasteiger partial charge in [-0.2, -0.15) is 10.4 Å². The highest BCUT2D eigenvalue weighted by atomic mass is 16.2. The lowest BCUT2D eigenvalue weighted by Gasteiger charge is -2.26. The maximum absolute atomic E-state index is 12.2. The summed E-state index contributed by atoms with van der Waals surface area (Å²) in [5.41, 5.74) is 1.31. The SMILES string of the molecule is Cc1cc(C(=O)NC(C#N)C2CCCCC2)n(C)n1. The van der Waals surface area contributed by atoms with Gasteiger partial charge in [0, 0.05) is 7.05 Å². The van der Waals surface area contributed by atoms with Crippen LogP contribution in [0.1, 0.15) is 48.3 Å². The van der Waals surface area contributed by atoms with Gasteiger partial charge in [-0.1, -0.05) is 19.3 Å². The molecule has 5 heteroatoms. The van der Waals surface area contributed by atoms with Crippen LogP contribution in [0.5, 0.6) is 0 Å². The minimum atomic E-state index is -0.386. The predicted octanol–water partition coefficient (Wildman–Crippen LogP) is 1.93. The Morgan fingerprint density at radius 2 is 2.21 bits per heavy atom. The molecule has 1 atom stereocenters. The van der Waals surface area contributed by atoms with Gasteiger partial charge >= 0.3 is 0 Å². The standard InChI is InChI=1S/C14H20N4O/c1-10-8-13(18(2)17-10)14(19)16-12(9-15)11-6-4-3-5-7-11/h8,11-12H,3-7H2,1-2H3,(H,16,19). The summed E-state index contributed by atoms with van der Waals surface area (Å²) in [6.07, 6.45) is 5.61. The van der Waals surface area contributed by atoms with Gasteiger partial charge < -0.3 is 5.32 Å². The molecule has 0 bridgehead atoms. The molecule has 0 aliphatic heterocycles. The van der Waals surface area contributed by atoms with E-state index >= 15 is 0 Å². The van der Waals surface area contributed by atoms with Gasteiger partial charge in [-0.3, -0.25) is 9.48 Å². The summed E-state index contributed by atoms with van der Waals surface area (Å²) < 4.78 is 1.56. The number of aromatic nitrogens is 2. The minimum Gasteiger partial charge on any atom is -0.335 e. The third kappa shape index (κ3) is 3.14. The number of rotatable bonds is 3. The maximum atomic E-state index is 12.2. The Bertz CT molecular complexity index is 494. The fraction of sp³-hybridized carbons (Fsp3) is 0.643. The van der Waals surface area contributed by atoms with Crippen molar-refractivity contribution in [2.24, 2.45) is 13.0 Å². The lowest BCUT2D eigenvalue weighted by molar-refractivity contribution is 0.0919. The predicted molar refractivity (Wildman–Crippen MR) is 71.4 cm³/mol. The van der Waals surface area contributed by atoms with Gasteiger partial charge in [0.2, 0.25) is 0 Å². The molecule has 1 aliphatic rings. The summed E-state index contributed by atoms with van der Waals surface area (Å²) in [4.78, 5) is 12.2. The molecule has 1 aromatic rings. The highest BCUT2D eigenvalue weighted by molar-refractivity contribution is 5.93. The van der Waals surface area contributed by atoms with Crippen molar-refractivity contribution in [2.75, 3.05) is 0 Å². The number of nitriles is 1. The molecule has 5 nitrogen and oxygen atoms in total. The van der Waals surface area contributed by atoms with Crippen LogP contribution in [0, 0.1) is 24.2 Å². The van der Waals surface area contributed by atoms with E-state index in [2.05, 4.69) is 16.5 Å². The number of nitrogens with zero attached hydrogens (tertiary/aromatic N) is 3. The summed E-state index contributed by atoms with van der Waals surface area (Å²) in [7, 11) is 1.74. The molecule has 0 spiro atoms. The van der Waals surface area contributed by atoms with Crippen molar-refractivity contribution in [1.82, 2.24) is 15.1 Å². The molecule has 1 aliphatic carbocycles. The summed E-state index contributed by atoms with van der Waals surface area (Å²) in [5.74, 6) is 0.0808. The molecule has 1 aromatic heterocycles. The highest BCUT2D eigenvalue weighted by Gasteiger charge is 2.26. The number of carbonyl (C=O) groups excluding carboxylic acids is 1. The highest BCUT2D eigenvalue weighted by Crippen LogP contribution is 2.26. The zero-order chi connectivity index (χ0) is 13.8. The van der Waals surface area contributed by atoms with Crippen molar-refractivity contribution in [2.45, 2.75) is 45.1 Å². The third-order valence-electron chi connectivity index (χ3n) is 3.78. The summed E-state index contributed by atoms with van der Waals surface area (Å²) in [6.45, 7) is 1.85. The van der Waals surface area contributed by atoms with Crippen LogP contribution in [0.4, 0.5) is 0 Å². The summed E-state index contributed by atoms with van der Waals surface area (Å²) in [5, 5.41) is 16.3. The Hall–Kier alpha value is -1.83. The van der Waals surface area contributed by atoms with Gasteiger partial charge in [-0.15, -0.1) is 0 Å². The minimum absolute atomic E-state index is 0.208. The summed E-state index contributed by atoms with van der Waals surface area (Å²) >= 11 is 0. The van der Waals surface area contributed by atoms with E-state index in [1.807, 2.05) is 6.92 Å². The van der Waals surface area contributed by atoms with Crippen LogP contribution in [0.3, 0.4) is 0 Å². The first-order valence-corrected chi connectivity index (χ1v) is 6.83. The zero-order valence-electron chi connectivity index (χ0n) is 11.5. The van der Waals surface area contributed by atoms with Gasteiger partial charge in [0.05, 0.1) is 11.8 Å². The molecule has 1 saturated carbocycles. The topological polar surface area (TPSA) is 70.7 Å². The number of carbonyl (C=O) groups is 1. The van der Waals surface area contributed by atoms with Crippen LogP contribution in [0.15, 0.2) is 6.07 Å². The number of aryl methyl sites for hydroxylation is 2. The van der Waals surface area contributed by atoms with Crippen LogP contribution in [0.25, 0.3) is 0 Å². The first-order valence-electron chi connectivity index (χ1n) is 6.83. The van der Waals surface area contributed by atoms with Gasteiger partial charge in [0.25, 0.3) is 5.91 Å². The first kappa shape index (κ1) is 13.6. The molecule has 1 N–H and O–H groups in total. The molecule has 1 amide bonds. The van der Waals surface area contributed by atoms with Crippen molar-refractivity contribution < 1.29 is 4.79 Å². The van der Waals surface area contributed by atoms with E-state index in [1.165, 1.54) is 6.42 Å². The Kier molecular flexibility index (Phi) is 4.20. The van der Waals surface area contributed by atoms with Gasteiger partial charge in [-0.25, -0.2) is 0 Å². The molecule has 1 unspecified atom stereocenters. The number of amides is 1. The van der Waals surface area contributed by atoms with E-state index in [4.69, 9.17) is 0 Å². The average Bonchev–Trinajstić information content (AvgIpc) is 2.76. The molecule has 2 rings (SSSR count). The number of hydrogen-bond acceptors (Lipinski definition) is 3. The normalized spacial score (nSPS) is 17.7. The van der Waals surface area contributed by atoms with Crippen molar-refractivity contribution in [3.63, 3.8) is 0 Å². The van der Waals surface area contributed by atoms with Crippen molar-refractivity contribution >= 4 is 5.91 Å². The molecule has 1 heterocycles. The molecular formula is C14H20N4O. The second kappa shape index (κ2) is 5.87. The van der Waals surface area contributed by atoms with E-state index in [0.29, 0.717) is 5.69 Å². The Balaban J connectivity index is 2.04. The average molecular weight is 260 g/mol. The van der Waals surface area contributed by atoms with E-state index < -0.39 is 0 Å². The van der Waals surface area contributed by atoms with Crippen molar-refractivity contribution in [1.29, 1.82) is 5.26 Å². The molecule has 0 radical (unpaired) electrons. The third-order valence-corrected chi connectivity index (χ3v) is 3.78. The number of hydrogen-bond donors (Lipinski definition) is 1. The Labute approximate surface area is 113 Å². The maximum Gasteiger partial charge on any atom is 0.270 e. The van der Waals surface area contributed by atoms with Gasteiger partial charge in [0.15, 0.2) is 0 Å². The molecule has 0 saturated heterocycles. The van der Waals surface area contributed by atoms with Gasteiger partial charge in [-0.05, 0) is 31.7 Å². The Morgan fingerprint density at radius 3 is 2.74 bits per heavy atom. The number of nitrogens with one attached hydrogen (secondary N) is 1. The smallest absolute Gasteiger partial charge is 0.270 e. The van der Waals surface area contributed by atoms with Crippen LogP contribution < -0.4 is 5.32 Å². The van der Waals surface area contributed by atoms with Crippen molar-refractivity contribution in [3.8, 4) is 6.07 Å². The lowest BCUT2D eigenvalue weighted by atomic mass is 9.84. The fourth-order valence-electron chi connectivity index (χ4n) is 2.76. The quantitative estimate of drug-likeness (QED) is 0.902. The van der Waals surface area contributed by atoms with Crippen LogP contribution in [0.2, 0.25) is 0 Å².